The molecule has 0 spiro atoms. The standard InChI is InChI=1S/C30H44O2/c1-22(2)11-8-12-23(3)13-9-14-24(4)15-10-16-25(5)19-20-26-21-29(31)27-17-6-7-18-28(27)30(26)32/h6-7,17-19,21-24H,8-16,20H2,1-5H3/b25-19+. The summed E-state index contributed by atoms with van der Waals surface area (Å²) < 4.78 is 0. The van der Waals surface area contributed by atoms with Crippen LogP contribution in [0, 0.1) is 17.8 Å². The molecule has 0 aromatic heterocycles. The monoisotopic (exact) mass is 436 g/mol. The number of carbonyl (C=O) groups is 2. The van der Waals surface area contributed by atoms with E-state index < -0.39 is 0 Å². The molecule has 2 nitrogen and oxygen atoms in total. The molecular weight excluding hydrogens is 392 g/mol. The van der Waals surface area contributed by atoms with Gasteiger partial charge in [0.05, 0.1) is 0 Å². The molecule has 0 amide bonds. The second kappa shape index (κ2) is 13.6. The number of benzene rings is 1. The molecule has 0 heterocycles. The van der Waals surface area contributed by atoms with Crippen LogP contribution in [0.2, 0.25) is 0 Å². The molecule has 0 fully saturated rings. The van der Waals surface area contributed by atoms with Gasteiger partial charge in [0.15, 0.2) is 11.6 Å². The molecule has 0 bridgehead atoms. The van der Waals surface area contributed by atoms with E-state index in [1.165, 1.54) is 63.0 Å². The molecule has 1 aliphatic carbocycles. The van der Waals surface area contributed by atoms with Gasteiger partial charge in [0.1, 0.15) is 0 Å². The van der Waals surface area contributed by atoms with Crippen molar-refractivity contribution in [2.45, 2.75) is 98.8 Å². The zero-order valence-corrected chi connectivity index (χ0v) is 21.1. The van der Waals surface area contributed by atoms with Crippen LogP contribution in [0.4, 0.5) is 0 Å². The Hall–Kier alpha value is -1.96. The fourth-order valence-electron chi connectivity index (χ4n) is 4.62. The molecule has 176 valence electrons. The van der Waals surface area contributed by atoms with Gasteiger partial charge in [-0.2, -0.15) is 0 Å². The lowest BCUT2D eigenvalue weighted by molar-refractivity contribution is 0.0983. The van der Waals surface area contributed by atoms with Crippen molar-refractivity contribution in [3.8, 4) is 0 Å². The maximum Gasteiger partial charge on any atom is 0.190 e. The van der Waals surface area contributed by atoms with Gasteiger partial charge in [0.25, 0.3) is 0 Å². The molecule has 2 unspecified atom stereocenters. The molecule has 1 aromatic carbocycles. The number of rotatable bonds is 14. The number of fused-ring (bicyclic) bond motifs is 1. The lowest BCUT2D eigenvalue weighted by Gasteiger charge is -2.15. The van der Waals surface area contributed by atoms with Crippen molar-refractivity contribution in [3.63, 3.8) is 0 Å². The van der Waals surface area contributed by atoms with Crippen molar-refractivity contribution < 1.29 is 9.59 Å². The quantitative estimate of drug-likeness (QED) is 0.273. The van der Waals surface area contributed by atoms with E-state index in [1.54, 1.807) is 12.1 Å². The van der Waals surface area contributed by atoms with Crippen LogP contribution in [0.3, 0.4) is 0 Å². The first-order chi connectivity index (χ1) is 15.3. The molecule has 0 saturated heterocycles. The average molecular weight is 437 g/mol. The smallest absolute Gasteiger partial charge is 0.190 e. The van der Waals surface area contributed by atoms with E-state index >= 15 is 0 Å². The molecule has 1 aromatic rings. The largest absolute Gasteiger partial charge is 0.289 e. The molecule has 0 radical (unpaired) electrons. The summed E-state index contributed by atoms with van der Waals surface area (Å²) in [5.41, 5.74) is 3.00. The minimum atomic E-state index is -0.0516. The number of Topliss-reactive ketones (excluding diaryl/α,β-unsaturated/α-hetero) is 1. The van der Waals surface area contributed by atoms with Crippen LogP contribution in [-0.4, -0.2) is 11.6 Å². The fraction of sp³-hybridized carbons (Fsp3) is 0.600. The molecule has 2 atom stereocenters. The third-order valence-corrected chi connectivity index (χ3v) is 6.84. The highest BCUT2D eigenvalue weighted by Crippen LogP contribution is 2.25. The summed E-state index contributed by atoms with van der Waals surface area (Å²) in [5.74, 6) is 2.42. The maximum absolute atomic E-state index is 12.7. The maximum atomic E-state index is 12.7. The Balaban J connectivity index is 1.65. The van der Waals surface area contributed by atoms with Gasteiger partial charge in [-0.1, -0.05) is 109 Å². The van der Waals surface area contributed by atoms with Gasteiger partial charge in [-0.25, -0.2) is 0 Å². The van der Waals surface area contributed by atoms with Gasteiger partial charge in [0.2, 0.25) is 0 Å². The molecular formula is C30H44O2. The van der Waals surface area contributed by atoms with E-state index in [2.05, 4.69) is 40.7 Å². The van der Waals surface area contributed by atoms with Crippen LogP contribution in [0.25, 0.3) is 0 Å². The van der Waals surface area contributed by atoms with Crippen molar-refractivity contribution in [2.75, 3.05) is 0 Å². The van der Waals surface area contributed by atoms with E-state index in [-0.39, 0.29) is 11.6 Å². The number of allylic oxidation sites excluding steroid dienone is 4. The zero-order chi connectivity index (χ0) is 23.5. The molecule has 0 saturated carbocycles. The summed E-state index contributed by atoms with van der Waals surface area (Å²) in [6.07, 6.45) is 15.9. The molecule has 0 N–H and O–H groups in total. The number of carbonyl (C=O) groups excluding carboxylic acids is 2. The Kier molecular flexibility index (Phi) is 11.1. The lowest BCUT2D eigenvalue weighted by Crippen LogP contribution is -2.16. The highest BCUT2D eigenvalue weighted by Gasteiger charge is 2.24. The molecule has 2 heteroatoms. The van der Waals surface area contributed by atoms with E-state index in [0.717, 1.165) is 24.2 Å². The topological polar surface area (TPSA) is 34.1 Å². The molecule has 2 rings (SSSR count). The van der Waals surface area contributed by atoms with Gasteiger partial charge >= 0.3 is 0 Å². The second-order valence-corrected chi connectivity index (χ2v) is 10.5. The van der Waals surface area contributed by atoms with Crippen molar-refractivity contribution in [1.29, 1.82) is 0 Å². The number of ketones is 2. The Morgan fingerprint density at radius 1 is 0.812 bits per heavy atom. The van der Waals surface area contributed by atoms with Crippen LogP contribution in [-0.2, 0) is 0 Å². The van der Waals surface area contributed by atoms with Gasteiger partial charge in [-0.05, 0) is 50.0 Å². The first-order valence-electron chi connectivity index (χ1n) is 12.8. The highest BCUT2D eigenvalue weighted by molar-refractivity contribution is 6.24. The van der Waals surface area contributed by atoms with Crippen molar-refractivity contribution >= 4 is 11.6 Å². The van der Waals surface area contributed by atoms with Crippen LogP contribution in [0.5, 0.6) is 0 Å². The van der Waals surface area contributed by atoms with Gasteiger partial charge in [0, 0.05) is 16.7 Å². The highest BCUT2D eigenvalue weighted by atomic mass is 16.1. The minimum Gasteiger partial charge on any atom is -0.289 e. The summed E-state index contributed by atoms with van der Waals surface area (Å²) in [7, 11) is 0. The van der Waals surface area contributed by atoms with Gasteiger partial charge in [-0.3, -0.25) is 9.59 Å². The zero-order valence-electron chi connectivity index (χ0n) is 21.1. The third-order valence-electron chi connectivity index (χ3n) is 6.84. The normalized spacial score (nSPS) is 16.2. The number of hydrogen-bond acceptors (Lipinski definition) is 2. The molecule has 32 heavy (non-hydrogen) atoms. The minimum absolute atomic E-state index is 0.00342. The Morgan fingerprint density at radius 2 is 1.38 bits per heavy atom. The Morgan fingerprint density at radius 3 is 2.00 bits per heavy atom. The second-order valence-electron chi connectivity index (χ2n) is 10.5. The van der Waals surface area contributed by atoms with Gasteiger partial charge in [-0.15, -0.1) is 0 Å². The summed E-state index contributed by atoms with van der Waals surface area (Å²) in [6, 6.07) is 7.12. The van der Waals surface area contributed by atoms with Crippen LogP contribution >= 0.6 is 0 Å². The van der Waals surface area contributed by atoms with Crippen molar-refractivity contribution in [3.05, 3.63) is 58.7 Å². The summed E-state index contributed by atoms with van der Waals surface area (Å²) in [5, 5.41) is 0. The number of hydrogen-bond donors (Lipinski definition) is 0. The first kappa shape index (κ1) is 26.3. The van der Waals surface area contributed by atoms with Crippen LogP contribution in [0.1, 0.15) is 120 Å². The van der Waals surface area contributed by atoms with Crippen molar-refractivity contribution in [1.82, 2.24) is 0 Å². The SMILES string of the molecule is C/C(=C\CC1=CC(=O)c2ccccc2C1=O)CCCC(C)CCCC(C)CCCC(C)C. The summed E-state index contributed by atoms with van der Waals surface area (Å²) >= 11 is 0. The van der Waals surface area contributed by atoms with Crippen LogP contribution < -0.4 is 0 Å². The van der Waals surface area contributed by atoms with E-state index in [0.29, 0.717) is 23.1 Å². The summed E-state index contributed by atoms with van der Waals surface area (Å²) in [4.78, 5) is 25.0. The fourth-order valence-corrected chi connectivity index (χ4v) is 4.62. The van der Waals surface area contributed by atoms with Crippen molar-refractivity contribution in [2.24, 2.45) is 17.8 Å². The van der Waals surface area contributed by atoms with E-state index in [1.807, 2.05) is 12.1 Å². The van der Waals surface area contributed by atoms with E-state index in [9.17, 15) is 9.59 Å². The predicted molar refractivity (Wildman–Crippen MR) is 136 cm³/mol. The molecule has 0 aliphatic heterocycles. The average Bonchev–Trinajstić information content (AvgIpc) is 2.75. The van der Waals surface area contributed by atoms with E-state index in [4.69, 9.17) is 0 Å². The van der Waals surface area contributed by atoms with Crippen LogP contribution in [0.15, 0.2) is 47.6 Å². The Labute approximate surface area is 196 Å². The van der Waals surface area contributed by atoms with Gasteiger partial charge < -0.3 is 0 Å². The Bertz CT molecular complexity index is 812. The lowest BCUT2D eigenvalue weighted by atomic mass is 9.87. The molecule has 1 aliphatic rings. The predicted octanol–water partition coefficient (Wildman–Crippen LogP) is 8.77. The summed E-state index contributed by atoms with van der Waals surface area (Å²) in [6.45, 7) is 11.6. The third kappa shape index (κ3) is 8.88. The first-order valence-corrected chi connectivity index (χ1v) is 12.8.